The molecule has 1 rings (SSSR count). The van der Waals surface area contributed by atoms with Crippen molar-refractivity contribution in [2.24, 2.45) is 0 Å². The zero-order valence-corrected chi connectivity index (χ0v) is 9.53. The van der Waals surface area contributed by atoms with E-state index in [9.17, 15) is 10.1 Å². The molecule has 3 nitrogen and oxygen atoms in total. The van der Waals surface area contributed by atoms with E-state index < -0.39 is 0 Å². The first-order chi connectivity index (χ1) is 6.02. The minimum Gasteiger partial charge on any atom is -0.258 e. The lowest BCUT2D eigenvalue weighted by Crippen LogP contribution is -1.95. The highest BCUT2D eigenvalue weighted by molar-refractivity contribution is 14.1. The molecule has 1 radical (unpaired) electrons. The van der Waals surface area contributed by atoms with Gasteiger partial charge in [0.05, 0.1) is 4.92 Å². The average Bonchev–Trinajstić information content (AvgIpc) is 2.04. The molecule has 0 saturated carbocycles. The van der Waals surface area contributed by atoms with Crippen LogP contribution in [0.5, 0.6) is 0 Å². The third-order valence-electron chi connectivity index (χ3n) is 1.70. The average molecular weight is 290 g/mol. The van der Waals surface area contributed by atoms with Gasteiger partial charge >= 0.3 is 0 Å². The van der Waals surface area contributed by atoms with E-state index in [0.29, 0.717) is 0 Å². The second kappa shape index (κ2) is 4.04. The zero-order chi connectivity index (χ0) is 10.0. The van der Waals surface area contributed by atoms with Gasteiger partial charge < -0.3 is 0 Å². The van der Waals surface area contributed by atoms with Gasteiger partial charge in [-0.15, -0.1) is 0 Å². The molecule has 0 aliphatic carbocycles. The molecule has 0 fully saturated rings. The van der Waals surface area contributed by atoms with Crippen LogP contribution in [-0.4, -0.2) is 4.92 Å². The predicted molar refractivity (Wildman–Crippen MR) is 59.5 cm³/mol. The Morgan fingerprint density at radius 2 is 2.08 bits per heavy atom. The molecule has 1 aromatic carbocycles. The van der Waals surface area contributed by atoms with Gasteiger partial charge in [-0.3, -0.25) is 10.1 Å². The molecular formula is C9H9INO2. The van der Waals surface area contributed by atoms with Crippen molar-refractivity contribution in [1.82, 2.24) is 0 Å². The monoisotopic (exact) mass is 290 g/mol. The Bertz CT molecular complexity index is 336. The SMILES string of the molecule is C[C](C)c1cc([N+](=O)[O-])ccc1I. The van der Waals surface area contributed by atoms with Crippen molar-refractivity contribution in [3.63, 3.8) is 0 Å². The second-order valence-corrected chi connectivity index (χ2v) is 4.08. The first-order valence-corrected chi connectivity index (χ1v) is 4.84. The summed E-state index contributed by atoms with van der Waals surface area (Å²) < 4.78 is 1.04. The van der Waals surface area contributed by atoms with E-state index in [4.69, 9.17) is 0 Å². The topological polar surface area (TPSA) is 43.1 Å². The highest BCUT2D eigenvalue weighted by atomic mass is 127. The van der Waals surface area contributed by atoms with Gasteiger partial charge in [0.15, 0.2) is 0 Å². The maximum Gasteiger partial charge on any atom is 0.269 e. The van der Waals surface area contributed by atoms with Crippen LogP contribution in [0.3, 0.4) is 0 Å². The fraction of sp³-hybridized carbons (Fsp3) is 0.222. The molecule has 0 bridgehead atoms. The molecule has 0 aliphatic heterocycles. The molecule has 0 saturated heterocycles. The van der Waals surface area contributed by atoms with Crippen molar-refractivity contribution >= 4 is 28.3 Å². The number of hydrogen-bond donors (Lipinski definition) is 0. The Labute approximate surface area is 90.4 Å². The quantitative estimate of drug-likeness (QED) is 0.477. The van der Waals surface area contributed by atoms with E-state index in [2.05, 4.69) is 22.6 Å². The van der Waals surface area contributed by atoms with Crippen molar-refractivity contribution in [1.29, 1.82) is 0 Å². The van der Waals surface area contributed by atoms with Crippen molar-refractivity contribution in [2.45, 2.75) is 13.8 Å². The van der Waals surface area contributed by atoms with Crippen LogP contribution >= 0.6 is 22.6 Å². The Morgan fingerprint density at radius 3 is 2.54 bits per heavy atom. The van der Waals surface area contributed by atoms with E-state index in [1.165, 1.54) is 6.07 Å². The summed E-state index contributed by atoms with van der Waals surface area (Å²) in [5.74, 6) is 1.09. The highest BCUT2D eigenvalue weighted by Gasteiger charge is 2.11. The lowest BCUT2D eigenvalue weighted by atomic mass is 10.0. The number of nitro benzene ring substituents is 1. The van der Waals surface area contributed by atoms with Gasteiger partial charge in [-0.05, 0) is 34.2 Å². The zero-order valence-electron chi connectivity index (χ0n) is 7.37. The largest absolute Gasteiger partial charge is 0.269 e. The molecule has 0 aromatic heterocycles. The predicted octanol–water partition coefficient (Wildman–Crippen LogP) is 3.16. The van der Waals surface area contributed by atoms with Gasteiger partial charge in [-0.2, -0.15) is 0 Å². The van der Waals surface area contributed by atoms with Crippen LogP contribution in [0.2, 0.25) is 0 Å². The maximum absolute atomic E-state index is 10.5. The normalized spacial score (nSPS) is 10.5. The van der Waals surface area contributed by atoms with E-state index in [1.54, 1.807) is 12.1 Å². The van der Waals surface area contributed by atoms with Crippen molar-refractivity contribution < 1.29 is 4.92 Å². The minimum absolute atomic E-state index is 0.150. The number of nitro groups is 1. The number of non-ortho nitro benzene ring substituents is 1. The summed E-state index contributed by atoms with van der Waals surface area (Å²) in [6, 6.07) is 4.90. The molecular weight excluding hydrogens is 281 g/mol. The van der Waals surface area contributed by atoms with Gasteiger partial charge in [0.25, 0.3) is 5.69 Å². The second-order valence-electron chi connectivity index (χ2n) is 2.92. The van der Waals surface area contributed by atoms with Crippen LogP contribution in [0.25, 0.3) is 0 Å². The van der Waals surface area contributed by atoms with Crippen LogP contribution in [0, 0.1) is 19.6 Å². The van der Waals surface area contributed by atoms with Crippen LogP contribution < -0.4 is 0 Å². The Morgan fingerprint density at radius 1 is 1.46 bits per heavy atom. The van der Waals surface area contributed by atoms with Crippen LogP contribution in [-0.2, 0) is 0 Å². The number of benzene rings is 1. The summed E-state index contributed by atoms with van der Waals surface area (Å²) in [6.45, 7) is 3.89. The maximum atomic E-state index is 10.5. The highest BCUT2D eigenvalue weighted by Crippen LogP contribution is 2.24. The summed E-state index contributed by atoms with van der Waals surface area (Å²) in [7, 11) is 0. The summed E-state index contributed by atoms with van der Waals surface area (Å²) in [6.07, 6.45) is 0. The standard InChI is InChI=1S/C9H9INO2/c1-6(2)8-5-7(11(12)13)3-4-9(8)10/h3-5H,1-2H3. The number of rotatable bonds is 2. The van der Waals surface area contributed by atoms with Gasteiger partial charge in [-0.1, -0.05) is 13.8 Å². The van der Waals surface area contributed by atoms with Gasteiger partial charge in [0.2, 0.25) is 0 Å². The Balaban J connectivity index is 3.19. The third kappa shape index (κ3) is 2.40. The Hall–Kier alpha value is -0.650. The van der Waals surface area contributed by atoms with Crippen LogP contribution in [0.1, 0.15) is 19.4 Å². The summed E-state index contributed by atoms with van der Waals surface area (Å²) >= 11 is 2.17. The fourth-order valence-corrected chi connectivity index (χ4v) is 1.88. The van der Waals surface area contributed by atoms with Crippen molar-refractivity contribution in [3.8, 4) is 0 Å². The summed E-state index contributed by atoms with van der Waals surface area (Å²) in [5.41, 5.74) is 1.10. The molecule has 0 unspecified atom stereocenters. The van der Waals surface area contributed by atoms with Crippen molar-refractivity contribution in [2.75, 3.05) is 0 Å². The number of halogens is 1. The molecule has 0 aliphatic rings. The molecule has 0 atom stereocenters. The van der Waals surface area contributed by atoms with E-state index in [1.807, 2.05) is 13.8 Å². The van der Waals surface area contributed by atoms with E-state index in [0.717, 1.165) is 15.1 Å². The molecule has 0 heterocycles. The van der Waals surface area contributed by atoms with Crippen LogP contribution in [0.15, 0.2) is 18.2 Å². The van der Waals surface area contributed by atoms with E-state index in [-0.39, 0.29) is 10.6 Å². The lowest BCUT2D eigenvalue weighted by molar-refractivity contribution is -0.384. The number of nitrogens with zero attached hydrogens (tertiary/aromatic N) is 1. The smallest absolute Gasteiger partial charge is 0.258 e. The van der Waals surface area contributed by atoms with Crippen molar-refractivity contribution in [3.05, 3.63) is 43.4 Å². The summed E-state index contributed by atoms with van der Waals surface area (Å²) in [4.78, 5) is 10.1. The van der Waals surface area contributed by atoms with Crippen LogP contribution in [0.4, 0.5) is 5.69 Å². The fourth-order valence-electron chi connectivity index (χ4n) is 1.01. The van der Waals surface area contributed by atoms with Gasteiger partial charge in [0.1, 0.15) is 0 Å². The molecule has 0 spiro atoms. The Kier molecular flexibility index (Phi) is 3.24. The molecule has 13 heavy (non-hydrogen) atoms. The minimum atomic E-state index is -0.373. The third-order valence-corrected chi connectivity index (χ3v) is 2.64. The first kappa shape index (κ1) is 10.4. The van der Waals surface area contributed by atoms with Gasteiger partial charge in [0, 0.05) is 21.6 Å². The molecule has 69 valence electrons. The van der Waals surface area contributed by atoms with Gasteiger partial charge in [-0.25, -0.2) is 0 Å². The molecule has 4 heteroatoms. The number of hydrogen-bond acceptors (Lipinski definition) is 2. The first-order valence-electron chi connectivity index (χ1n) is 3.77. The lowest BCUT2D eigenvalue weighted by Gasteiger charge is -2.06. The molecule has 0 N–H and O–H groups in total. The van der Waals surface area contributed by atoms with E-state index >= 15 is 0 Å². The summed E-state index contributed by atoms with van der Waals surface area (Å²) in [5, 5.41) is 10.5. The molecule has 0 amide bonds. The molecule has 1 aromatic rings.